The molecule has 0 spiro atoms. The topological polar surface area (TPSA) is 93.0 Å². The molecule has 1 aliphatic heterocycles. The van der Waals surface area contributed by atoms with Crippen molar-refractivity contribution >= 4 is 27.3 Å². The van der Waals surface area contributed by atoms with Gasteiger partial charge in [-0.1, -0.05) is 6.07 Å². The van der Waals surface area contributed by atoms with Gasteiger partial charge in [0.15, 0.2) is 0 Å². The number of methoxy groups -OCH3 is 1. The van der Waals surface area contributed by atoms with Crippen molar-refractivity contribution in [3.8, 4) is 5.75 Å². The van der Waals surface area contributed by atoms with Crippen LogP contribution in [0.15, 0.2) is 53.7 Å². The van der Waals surface area contributed by atoms with Crippen LogP contribution >= 0.6 is 0 Å². The summed E-state index contributed by atoms with van der Waals surface area (Å²) in [6.07, 6.45) is 5.47. The fourth-order valence-electron chi connectivity index (χ4n) is 3.46. The number of carbonyl (C=O) groups excluding carboxylic acids is 1. The fourth-order valence-corrected chi connectivity index (χ4v) is 4.68. The second kappa shape index (κ2) is 7.84. The summed E-state index contributed by atoms with van der Waals surface area (Å²) in [7, 11) is -2.40. The summed E-state index contributed by atoms with van der Waals surface area (Å²) in [6.45, 7) is 0.786. The monoisotopic (exact) mass is 414 g/mol. The van der Waals surface area contributed by atoms with Crippen LogP contribution < -0.4 is 14.4 Å². The summed E-state index contributed by atoms with van der Waals surface area (Å²) >= 11 is 0. The third-order valence-electron chi connectivity index (χ3n) is 4.91. The van der Waals surface area contributed by atoms with Gasteiger partial charge < -0.3 is 14.0 Å². The molecule has 0 saturated carbocycles. The third-order valence-corrected chi connectivity index (χ3v) is 6.39. The average molecular weight is 414 g/mol. The number of sulfonamides is 1. The fraction of sp³-hybridized carbons (Fsp3) is 0.300. The smallest absolute Gasteiger partial charge is 0.244 e. The molecule has 3 heterocycles. The van der Waals surface area contributed by atoms with Crippen LogP contribution in [0.25, 0.3) is 5.65 Å². The summed E-state index contributed by atoms with van der Waals surface area (Å²) in [5.74, 6) is 0.235. The molecule has 1 fully saturated rings. The van der Waals surface area contributed by atoms with Crippen LogP contribution in [0.2, 0.25) is 0 Å². The number of hydrogen-bond acceptors (Lipinski definition) is 5. The zero-order chi connectivity index (χ0) is 20.4. The van der Waals surface area contributed by atoms with Crippen LogP contribution in [-0.2, 0) is 21.2 Å². The molecular formula is C20H22N4O4S. The molecule has 0 aliphatic carbocycles. The Morgan fingerprint density at radius 2 is 2.10 bits per heavy atom. The maximum absolute atomic E-state index is 12.9. The number of nitrogens with one attached hydrogen (secondary N) is 1. The largest absolute Gasteiger partial charge is 0.495 e. The number of imidazole rings is 1. The predicted molar refractivity (Wildman–Crippen MR) is 109 cm³/mol. The minimum Gasteiger partial charge on any atom is -0.495 e. The molecular weight excluding hydrogens is 392 g/mol. The molecule has 4 rings (SSSR count). The van der Waals surface area contributed by atoms with Crippen molar-refractivity contribution in [2.24, 2.45) is 0 Å². The van der Waals surface area contributed by atoms with E-state index < -0.39 is 10.0 Å². The van der Waals surface area contributed by atoms with Crippen molar-refractivity contribution in [1.82, 2.24) is 14.1 Å². The number of ether oxygens (including phenoxy) is 1. The van der Waals surface area contributed by atoms with Gasteiger partial charge in [-0.3, -0.25) is 4.79 Å². The molecule has 0 atom stereocenters. The molecule has 29 heavy (non-hydrogen) atoms. The van der Waals surface area contributed by atoms with E-state index in [0.717, 1.165) is 17.8 Å². The molecule has 1 saturated heterocycles. The van der Waals surface area contributed by atoms with Crippen molar-refractivity contribution < 1.29 is 17.9 Å². The Balaban J connectivity index is 1.51. The van der Waals surface area contributed by atoms with Gasteiger partial charge in [-0.2, -0.15) is 0 Å². The molecule has 1 amide bonds. The van der Waals surface area contributed by atoms with E-state index in [4.69, 9.17) is 4.74 Å². The molecule has 0 bridgehead atoms. The molecule has 1 N–H and O–H groups in total. The van der Waals surface area contributed by atoms with Gasteiger partial charge in [0.25, 0.3) is 0 Å². The van der Waals surface area contributed by atoms with E-state index in [0.29, 0.717) is 25.1 Å². The molecule has 8 nitrogen and oxygen atoms in total. The first-order chi connectivity index (χ1) is 14.0. The van der Waals surface area contributed by atoms with E-state index in [1.807, 2.05) is 35.0 Å². The molecule has 152 valence electrons. The highest BCUT2D eigenvalue weighted by atomic mass is 32.2. The van der Waals surface area contributed by atoms with Crippen LogP contribution in [0, 0.1) is 0 Å². The second-order valence-electron chi connectivity index (χ2n) is 6.83. The number of benzene rings is 1. The summed E-state index contributed by atoms with van der Waals surface area (Å²) in [5.41, 5.74) is 2.17. The van der Waals surface area contributed by atoms with Gasteiger partial charge in [0.05, 0.1) is 12.8 Å². The maximum atomic E-state index is 12.9. The Kier molecular flexibility index (Phi) is 5.25. The van der Waals surface area contributed by atoms with Crippen LogP contribution in [0.1, 0.15) is 18.5 Å². The SMILES string of the molecule is COc1ccc(N2CCCC2=O)cc1S(=O)(=O)NCCc1cn2ccccc2n1. The van der Waals surface area contributed by atoms with Gasteiger partial charge in [-0.05, 0) is 36.8 Å². The molecule has 1 aliphatic rings. The number of carbonyl (C=O) groups is 1. The number of amides is 1. The van der Waals surface area contributed by atoms with Gasteiger partial charge in [0, 0.05) is 44.0 Å². The zero-order valence-corrected chi connectivity index (χ0v) is 16.9. The summed E-state index contributed by atoms with van der Waals surface area (Å²) in [5, 5.41) is 0. The van der Waals surface area contributed by atoms with Crippen molar-refractivity contribution in [2.75, 3.05) is 25.1 Å². The van der Waals surface area contributed by atoms with E-state index in [2.05, 4.69) is 9.71 Å². The lowest BCUT2D eigenvalue weighted by Gasteiger charge is -2.18. The van der Waals surface area contributed by atoms with Gasteiger partial charge in [-0.25, -0.2) is 18.1 Å². The van der Waals surface area contributed by atoms with Gasteiger partial charge in [-0.15, -0.1) is 0 Å². The lowest BCUT2D eigenvalue weighted by molar-refractivity contribution is -0.117. The number of aromatic nitrogens is 2. The molecule has 2 aromatic heterocycles. The Bertz CT molecular complexity index is 1120. The van der Waals surface area contributed by atoms with Gasteiger partial charge >= 0.3 is 0 Å². The Morgan fingerprint density at radius 1 is 1.24 bits per heavy atom. The number of anilines is 1. The van der Waals surface area contributed by atoms with Crippen LogP contribution in [0.5, 0.6) is 5.75 Å². The Morgan fingerprint density at radius 3 is 2.83 bits per heavy atom. The first kappa shape index (κ1) is 19.4. The summed E-state index contributed by atoms with van der Waals surface area (Å²) in [6, 6.07) is 10.5. The van der Waals surface area contributed by atoms with E-state index in [1.54, 1.807) is 17.0 Å². The van der Waals surface area contributed by atoms with Crippen molar-refractivity contribution in [2.45, 2.75) is 24.2 Å². The number of hydrogen-bond donors (Lipinski definition) is 1. The Labute approximate surface area is 169 Å². The highest BCUT2D eigenvalue weighted by Crippen LogP contribution is 2.30. The van der Waals surface area contributed by atoms with Crippen molar-refractivity contribution in [1.29, 1.82) is 0 Å². The summed E-state index contributed by atoms with van der Waals surface area (Å²) in [4.78, 5) is 18.1. The van der Waals surface area contributed by atoms with Gasteiger partial charge in [0.2, 0.25) is 15.9 Å². The molecule has 0 radical (unpaired) electrons. The highest BCUT2D eigenvalue weighted by Gasteiger charge is 2.26. The minimum atomic E-state index is -3.82. The van der Waals surface area contributed by atoms with Crippen LogP contribution in [0.3, 0.4) is 0 Å². The van der Waals surface area contributed by atoms with Gasteiger partial charge in [0.1, 0.15) is 16.3 Å². The Hall–Kier alpha value is -2.91. The number of rotatable bonds is 7. The first-order valence-corrected chi connectivity index (χ1v) is 10.9. The van der Waals surface area contributed by atoms with Crippen molar-refractivity contribution in [3.63, 3.8) is 0 Å². The summed E-state index contributed by atoms with van der Waals surface area (Å²) < 4.78 is 35.6. The normalized spacial score (nSPS) is 14.7. The standard InChI is InChI=1S/C20H22N4O4S/c1-28-17-8-7-16(24-12-4-6-20(24)25)13-18(17)29(26,27)21-10-9-15-14-23-11-3-2-5-19(23)22-15/h2-3,5,7-8,11,13-14,21H,4,6,9-10,12H2,1H3. The maximum Gasteiger partial charge on any atom is 0.244 e. The number of pyridine rings is 1. The molecule has 1 aromatic carbocycles. The first-order valence-electron chi connectivity index (χ1n) is 9.38. The highest BCUT2D eigenvalue weighted by molar-refractivity contribution is 7.89. The number of nitrogens with zero attached hydrogens (tertiary/aromatic N) is 3. The second-order valence-corrected chi connectivity index (χ2v) is 8.57. The zero-order valence-electron chi connectivity index (χ0n) is 16.0. The van der Waals surface area contributed by atoms with Crippen molar-refractivity contribution in [3.05, 3.63) is 54.5 Å². The van der Waals surface area contributed by atoms with Crippen LogP contribution in [-0.4, -0.2) is 43.9 Å². The third kappa shape index (κ3) is 3.96. The van der Waals surface area contributed by atoms with E-state index in [9.17, 15) is 13.2 Å². The van der Waals surface area contributed by atoms with E-state index in [1.165, 1.54) is 13.2 Å². The van der Waals surface area contributed by atoms with E-state index >= 15 is 0 Å². The lowest BCUT2D eigenvalue weighted by Crippen LogP contribution is -2.28. The number of fused-ring (bicyclic) bond motifs is 1. The minimum absolute atomic E-state index is 0.00155. The molecule has 0 unspecified atom stereocenters. The van der Waals surface area contributed by atoms with E-state index in [-0.39, 0.29) is 23.1 Å². The lowest BCUT2D eigenvalue weighted by atomic mass is 10.3. The quantitative estimate of drug-likeness (QED) is 0.638. The molecule has 9 heteroatoms. The van der Waals surface area contributed by atoms with Crippen LogP contribution in [0.4, 0.5) is 5.69 Å². The molecule has 3 aromatic rings. The predicted octanol–water partition coefficient (Wildman–Crippen LogP) is 1.99. The average Bonchev–Trinajstić information content (AvgIpc) is 3.32.